The minimum Gasteiger partial charge on any atom is -0.396 e. The molecule has 0 aliphatic heterocycles. The van der Waals surface area contributed by atoms with Gasteiger partial charge in [0.15, 0.2) is 0 Å². The van der Waals surface area contributed by atoms with Crippen molar-refractivity contribution in [2.75, 3.05) is 11.3 Å². The summed E-state index contributed by atoms with van der Waals surface area (Å²) in [5.41, 5.74) is 2.23. The number of aliphatic hydroxyl groups excluding tert-OH is 1. The summed E-state index contributed by atoms with van der Waals surface area (Å²) >= 11 is 6.96. The van der Waals surface area contributed by atoms with Gasteiger partial charge in [0, 0.05) is 12.3 Å². The third-order valence-corrected chi connectivity index (χ3v) is 6.31. The third-order valence-electron chi connectivity index (χ3n) is 2.90. The van der Waals surface area contributed by atoms with E-state index in [0.717, 1.165) is 22.5 Å². The lowest BCUT2D eigenvalue weighted by Gasteiger charge is -2.08. The van der Waals surface area contributed by atoms with Crippen LogP contribution in [-0.2, 0) is 16.4 Å². The van der Waals surface area contributed by atoms with Crippen LogP contribution in [0.5, 0.6) is 0 Å². The summed E-state index contributed by atoms with van der Waals surface area (Å²) in [5.74, 6) is 0. The van der Waals surface area contributed by atoms with Crippen LogP contribution in [0.2, 0.25) is 4.34 Å². The highest BCUT2D eigenvalue weighted by Crippen LogP contribution is 2.31. The molecule has 114 valence electrons. The Morgan fingerprint density at radius 3 is 2.71 bits per heavy atom. The fourth-order valence-electron chi connectivity index (χ4n) is 1.84. The number of aryl methyl sites for hydroxylation is 2. The number of benzene rings is 1. The number of nitrogens with one attached hydrogen (secondary N) is 1. The standard InChI is InChI=1S/C14H16ClNO3S2/c1-10-8-13(20-14(10)15)21(18,19)16-12-6-2-4-11(9-12)5-3-7-17/h2,4,6,8-9,16-17H,3,5,7H2,1H3. The molecule has 0 bridgehead atoms. The number of halogens is 1. The van der Waals surface area contributed by atoms with Crippen molar-refractivity contribution in [3.63, 3.8) is 0 Å². The Morgan fingerprint density at radius 2 is 2.10 bits per heavy atom. The molecular formula is C14H16ClNO3S2. The van der Waals surface area contributed by atoms with Gasteiger partial charge in [0.25, 0.3) is 10.0 Å². The fraction of sp³-hybridized carbons (Fsp3) is 0.286. The van der Waals surface area contributed by atoms with E-state index in [-0.39, 0.29) is 10.8 Å². The first-order valence-electron chi connectivity index (χ1n) is 6.41. The molecular weight excluding hydrogens is 330 g/mol. The van der Waals surface area contributed by atoms with Crippen molar-refractivity contribution in [1.29, 1.82) is 0 Å². The first kappa shape index (κ1) is 16.3. The number of anilines is 1. The normalized spacial score (nSPS) is 11.6. The fourth-order valence-corrected chi connectivity index (χ4v) is 4.60. The molecule has 0 aliphatic rings. The second-order valence-corrected chi connectivity index (χ2v) is 8.22. The van der Waals surface area contributed by atoms with E-state index < -0.39 is 10.0 Å². The molecule has 0 saturated heterocycles. The van der Waals surface area contributed by atoms with E-state index in [1.54, 1.807) is 31.2 Å². The number of thiophene rings is 1. The zero-order chi connectivity index (χ0) is 15.5. The molecule has 0 aliphatic carbocycles. The molecule has 21 heavy (non-hydrogen) atoms. The van der Waals surface area contributed by atoms with E-state index in [4.69, 9.17) is 16.7 Å². The highest BCUT2D eigenvalue weighted by molar-refractivity contribution is 7.94. The van der Waals surface area contributed by atoms with Crippen molar-refractivity contribution in [1.82, 2.24) is 0 Å². The largest absolute Gasteiger partial charge is 0.396 e. The number of hydrogen-bond donors (Lipinski definition) is 2. The molecule has 0 amide bonds. The van der Waals surface area contributed by atoms with Gasteiger partial charge in [-0.15, -0.1) is 11.3 Å². The maximum atomic E-state index is 12.3. The van der Waals surface area contributed by atoms with E-state index >= 15 is 0 Å². The number of sulfonamides is 1. The van der Waals surface area contributed by atoms with Crippen molar-refractivity contribution in [3.8, 4) is 0 Å². The zero-order valence-electron chi connectivity index (χ0n) is 11.5. The van der Waals surface area contributed by atoms with Crippen molar-refractivity contribution in [3.05, 3.63) is 45.8 Å². The Hall–Kier alpha value is -1.08. The molecule has 7 heteroatoms. The average Bonchev–Trinajstić information content (AvgIpc) is 2.77. The van der Waals surface area contributed by atoms with Crippen molar-refractivity contribution in [2.24, 2.45) is 0 Å². The van der Waals surface area contributed by atoms with Crippen LogP contribution >= 0.6 is 22.9 Å². The monoisotopic (exact) mass is 345 g/mol. The predicted molar refractivity (Wildman–Crippen MR) is 86.7 cm³/mol. The quantitative estimate of drug-likeness (QED) is 0.842. The highest BCUT2D eigenvalue weighted by Gasteiger charge is 2.18. The Morgan fingerprint density at radius 1 is 1.33 bits per heavy atom. The van der Waals surface area contributed by atoms with Gasteiger partial charge >= 0.3 is 0 Å². The molecule has 0 radical (unpaired) electrons. The van der Waals surface area contributed by atoms with Crippen LogP contribution in [0.25, 0.3) is 0 Å². The maximum absolute atomic E-state index is 12.3. The second kappa shape index (κ2) is 6.79. The molecule has 2 rings (SSSR count). The maximum Gasteiger partial charge on any atom is 0.271 e. The van der Waals surface area contributed by atoms with Gasteiger partial charge < -0.3 is 5.11 Å². The van der Waals surface area contributed by atoms with Gasteiger partial charge in [-0.1, -0.05) is 23.7 Å². The zero-order valence-corrected chi connectivity index (χ0v) is 13.9. The molecule has 1 heterocycles. The Bertz CT molecular complexity index is 706. The molecule has 2 N–H and O–H groups in total. The van der Waals surface area contributed by atoms with Crippen LogP contribution < -0.4 is 4.72 Å². The van der Waals surface area contributed by atoms with Crippen LogP contribution in [0.4, 0.5) is 5.69 Å². The summed E-state index contributed by atoms with van der Waals surface area (Å²) in [6.07, 6.45) is 1.35. The lowest BCUT2D eigenvalue weighted by molar-refractivity contribution is 0.288. The third kappa shape index (κ3) is 4.20. The van der Waals surface area contributed by atoms with Gasteiger partial charge in [-0.25, -0.2) is 8.42 Å². The second-order valence-electron chi connectivity index (χ2n) is 4.66. The summed E-state index contributed by atoms with van der Waals surface area (Å²) in [7, 11) is -3.62. The Labute approximate surface area is 133 Å². The minimum atomic E-state index is -3.62. The number of hydrogen-bond acceptors (Lipinski definition) is 4. The molecule has 0 saturated carbocycles. The van der Waals surface area contributed by atoms with E-state index in [1.165, 1.54) is 0 Å². The summed E-state index contributed by atoms with van der Waals surface area (Å²) in [4.78, 5) is 0. The summed E-state index contributed by atoms with van der Waals surface area (Å²) in [5, 5.41) is 8.84. The molecule has 0 spiro atoms. The lowest BCUT2D eigenvalue weighted by atomic mass is 10.1. The van der Waals surface area contributed by atoms with E-state index in [9.17, 15) is 8.42 Å². The van der Waals surface area contributed by atoms with Gasteiger partial charge in [-0.05, 0) is 49.1 Å². The first-order valence-corrected chi connectivity index (χ1v) is 9.08. The van der Waals surface area contributed by atoms with Gasteiger partial charge in [-0.2, -0.15) is 0 Å². The van der Waals surface area contributed by atoms with Gasteiger partial charge in [0.05, 0.1) is 4.34 Å². The lowest BCUT2D eigenvalue weighted by Crippen LogP contribution is -2.11. The summed E-state index contributed by atoms with van der Waals surface area (Å²) in [6, 6.07) is 8.72. The average molecular weight is 346 g/mol. The van der Waals surface area contributed by atoms with Crippen LogP contribution in [-0.4, -0.2) is 20.1 Å². The minimum absolute atomic E-state index is 0.114. The first-order chi connectivity index (χ1) is 9.92. The van der Waals surface area contributed by atoms with Crippen LogP contribution in [0, 0.1) is 6.92 Å². The molecule has 1 aromatic heterocycles. The van der Waals surface area contributed by atoms with Gasteiger partial charge in [0.2, 0.25) is 0 Å². The Kier molecular flexibility index (Phi) is 5.27. The number of aliphatic hydroxyl groups is 1. The van der Waals surface area contributed by atoms with Gasteiger partial charge in [0.1, 0.15) is 4.21 Å². The number of rotatable bonds is 6. The van der Waals surface area contributed by atoms with Gasteiger partial charge in [-0.3, -0.25) is 4.72 Å². The smallest absolute Gasteiger partial charge is 0.271 e. The highest BCUT2D eigenvalue weighted by atomic mass is 35.5. The molecule has 0 atom stereocenters. The van der Waals surface area contributed by atoms with Crippen molar-refractivity contribution in [2.45, 2.75) is 24.0 Å². The molecule has 0 fully saturated rings. The van der Waals surface area contributed by atoms with Crippen LogP contribution in [0.1, 0.15) is 17.5 Å². The molecule has 4 nitrogen and oxygen atoms in total. The van der Waals surface area contributed by atoms with E-state index in [0.29, 0.717) is 22.9 Å². The van der Waals surface area contributed by atoms with E-state index in [2.05, 4.69) is 4.72 Å². The molecule has 1 aromatic carbocycles. The topological polar surface area (TPSA) is 66.4 Å². The predicted octanol–water partition coefficient (Wildman–Crippen LogP) is 3.44. The Balaban J connectivity index is 2.20. The molecule has 0 unspecified atom stereocenters. The SMILES string of the molecule is Cc1cc(S(=O)(=O)Nc2cccc(CCCO)c2)sc1Cl. The summed E-state index contributed by atoms with van der Waals surface area (Å²) < 4.78 is 27.8. The van der Waals surface area contributed by atoms with Crippen LogP contribution in [0.15, 0.2) is 34.5 Å². The summed E-state index contributed by atoms with van der Waals surface area (Å²) in [6.45, 7) is 1.89. The van der Waals surface area contributed by atoms with Crippen molar-refractivity contribution < 1.29 is 13.5 Å². The van der Waals surface area contributed by atoms with E-state index in [1.807, 2.05) is 6.07 Å². The molecule has 2 aromatic rings. The van der Waals surface area contributed by atoms with Crippen LogP contribution in [0.3, 0.4) is 0 Å². The van der Waals surface area contributed by atoms with Crippen molar-refractivity contribution >= 4 is 38.6 Å².